The maximum Gasteiger partial charge on any atom is 0.261 e. The minimum absolute atomic E-state index is 0.0519. The van der Waals surface area contributed by atoms with Gasteiger partial charge in [0, 0.05) is 6.54 Å². The fourth-order valence-electron chi connectivity index (χ4n) is 1.74. The van der Waals surface area contributed by atoms with Crippen LogP contribution in [-0.4, -0.2) is 25.7 Å². The van der Waals surface area contributed by atoms with E-state index in [1.165, 1.54) is 0 Å². The molecule has 0 aliphatic carbocycles. The number of benzene rings is 1. The van der Waals surface area contributed by atoms with Crippen molar-refractivity contribution in [2.24, 2.45) is 5.92 Å². The van der Waals surface area contributed by atoms with Crippen molar-refractivity contribution in [2.75, 3.05) is 13.7 Å². The van der Waals surface area contributed by atoms with Crippen LogP contribution in [0.4, 0.5) is 0 Å². The van der Waals surface area contributed by atoms with Crippen LogP contribution in [0.15, 0.2) is 24.3 Å². The van der Waals surface area contributed by atoms with Gasteiger partial charge in [0.2, 0.25) is 0 Å². The summed E-state index contributed by atoms with van der Waals surface area (Å²) in [7, 11) is 1.62. The number of nitrogens with one attached hydrogen (secondary N) is 1. The van der Waals surface area contributed by atoms with Crippen LogP contribution in [0.25, 0.3) is 0 Å². The fraction of sp³-hybridized carbons (Fsp3) is 0.562. The number of hydrogen-bond donors (Lipinski definition) is 1. The normalized spacial score (nSPS) is 12.1. The summed E-state index contributed by atoms with van der Waals surface area (Å²) in [5.41, 5.74) is 0. The first kappa shape index (κ1) is 16.3. The second-order valence-corrected chi connectivity index (χ2v) is 5.16. The lowest BCUT2D eigenvalue weighted by molar-refractivity contribution is -0.128. The van der Waals surface area contributed by atoms with E-state index in [1.54, 1.807) is 7.11 Å². The molecule has 0 radical (unpaired) electrons. The van der Waals surface area contributed by atoms with Gasteiger partial charge in [0.25, 0.3) is 5.91 Å². The zero-order chi connectivity index (χ0) is 15.0. The molecule has 0 unspecified atom stereocenters. The second kappa shape index (κ2) is 8.46. The Morgan fingerprint density at radius 2 is 1.80 bits per heavy atom. The summed E-state index contributed by atoms with van der Waals surface area (Å²) < 4.78 is 10.8. The standard InChI is InChI=1S/C16H25NO3/c1-5-15(16(18)17-11-10-12(2)3)20-14-8-6-13(19-4)7-9-14/h6-9,12,15H,5,10-11H2,1-4H3,(H,17,18)/t15-/m0/s1. The van der Waals surface area contributed by atoms with Gasteiger partial charge in [-0.25, -0.2) is 0 Å². The summed E-state index contributed by atoms with van der Waals surface area (Å²) in [6, 6.07) is 7.25. The summed E-state index contributed by atoms with van der Waals surface area (Å²) in [4.78, 5) is 12.0. The quantitative estimate of drug-likeness (QED) is 0.795. The van der Waals surface area contributed by atoms with E-state index < -0.39 is 6.10 Å². The van der Waals surface area contributed by atoms with Gasteiger partial charge in [-0.15, -0.1) is 0 Å². The molecular weight excluding hydrogens is 254 g/mol. The molecule has 1 atom stereocenters. The Morgan fingerprint density at radius 3 is 2.30 bits per heavy atom. The van der Waals surface area contributed by atoms with Crippen molar-refractivity contribution < 1.29 is 14.3 Å². The van der Waals surface area contributed by atoms with Crippen LogP contribution in [0.5, 0.6) is 11.5 Å². The van der Waals surface area contributed by atoms with Crippen molar-refractivity contribution in [2.45, 2.75) is 39.7 Å². The van der Waals surface area contributed by atoms with Gasteiger partial charge in [0.15, 0.2) is 6.10 Å². The molecule has 0 fully saturated rings. The van der Waals surface area contributed by atoms with Crippen molar-refractivity contribution in [3.63, 3.8) is 0 Å². The van der Waals surface area contributed by atoms with Gasteiger partial charge in [0.05, 0.1) is 7.11 Å². The maximum atomic E-state index is 12.0. The number of carbonyl (C=O) groups is 1. The molecule has 0 aliphatic heterocycles. The highest BCUT2D eigenvalue weighted by Gasteiger charge is 2.17. The first-order valence-corrected chi connectivity index (χ1v) is 7.15. The number of rotatable bonds is 8. The lowest BCUT2D eigenvalue weighted by Crippen LogP contribution is -2.38. The van der Waals surface area contributed by atoms with Gasteiger partial charge >= 0.3 is 0 Å². The molecule has 0 saturated heterocycles. The SMILES string of the molecule is CC[C@H](Oc1ccc(OC)cc1)C(=O)NCCC(C)C. The Hall–Kier alpha value is -1.71. The van der Waals surface area contributed by atoms with Gasteiger partial charge in [0.1, 0.15) is 11.5 Å². The summed E-state index contributed by atoms with van der Waals surface area (Å²) >= 11 is 0. The molecule has 1 aromatic carbocycles. The summed E-state index contributed by atoms with van der Waals surface area (Å²) in [6.07, 6.45) is 1.17. The zero-order valence-electron chi connectivity index (χ0n) is 12.8. The van der Waals surface area contributed by atoms with Crippen LogP contribution in [0.3, 0.4) is 0 Å². The Balaban J connectivity index is 2.50. The molecule has 4 nitrogen and oxygen atoms in total. The number of ether oxygens (including phenoxy) is 2. The van der Waals surface area contributed by atoms with Crippen molar-refractivity contribution in [3.05, 3.63) is 24.3 Å². The number of methoxy groups -OCH3 is 1. The molecule has 1 rings (SSSR count). The molecule has 0 aromatic heterocycles. The van der Waals surface area contributed by atoms with Gasteiger partial charge in [-0.1, -0.05) is 20.8 Å². The Labute approximate surface area is 121 Å². The van der Waals surface area contributed by atoms with Crippen LogP contribution in [0, 0.1) is 5.92 Å². The molecule has 112 valence electrons. The topological polar surface area (TPSA) is 47.6 Å². The number of amides is 1. The maximum absolute atomic E-state index is 12.0. The highest BCUT2D eigenvalue weighted by atomic mass is 16.5. The average molecular weight is 279 g/mol. The van der Waals surface area contributed by atoms with Crippen LogP contribution in [-0.2, 0) is 4.79 Å². The monoisotopic (exact) mass is 279 g/mol. The second-order valence-electron chi connectivity index (χ2n) is 5.16. The van der Waals surface area contributed by atoms with E-state index in [9.17, 15) is 4.79 Å². The van der Waals surface area contributed by atoms with E-state index in [0.717, 1.165) is 12.2 Å². The largest absolute Gasteiger partial charge is 0.497 e. The Morgan fingerprint density at radius 1 is 1.20 bits per heavy atom. The van der Waals surface area contributed by atoms with E-state index in [1.807, 2.05) is 31.2 Å². The third-order valence-corrected chi connectivity index (χ3v) is 3.02. The first-order chi connectivity index (χ1) is 9.56. The molecule has 20 heavy (non-hydrogen) atoms. The number of hydrogen-bond acceptors (Lipinski definition) is 3. The van der Waals surface area contributed by atoms with Gasteiger partial charge in [-0.2, -0.15) is 0 Å². The average Bonchev–Trinajstić information content (AvgIpc) is 2.44. The molecule has 0 saturated carbocycles. The van der Waals surface area contributed by atoms with Crippen LogP contribution in [0.1, 0.15) is 33.6 Å². The molecule has 0 bridgehead atoms. The van der Waals surface area contributed by atoms with Crippen molar-refractivity contribution in [1.29, 1.82) is 0 Å². The highest BCUT2D eigenvalue weighted by Crippen LogP contribution is 2.18. The van der Waals surface area contributed by atoms with Crippen LogP contribution >= 0.6 is 0 Å². The van der Waals surface area contributed by atoms with E-state index >= 15 is 0 Å². The summed E-state index contributed by atoms with van der Waals surface area (Å²) in [6.45, 7) is 6.91. The molecule has 1 aromatic rings. The minimum Gasteiger partial charge on any atom is -0.497 e. The van der Waals surface area contributed by atoms with E-state index in [4.69, 9.17) is 9.47 Å². The van der Waals surface area contributed by atoms with E-state index in [2.05, 4.69) is 19.2 Å². The van der Waals surface area contributed by atoms with Crippen molar-refractivity contribution in [3.8, 4) is 11.5 Å². The van der Waals surface area contributed by atoms with E-state index in [-0.39, 0.29) is 5.91 Å². The third kappa shape index (κ3) is 5.51. The minimum atomic E-state index is -0.449. The van der Waals surface area contributed by atoms with Gasteiger partial charge < -0.3 is 14.8 Å². The number of carbonyl (C=O) groups excluding carboxylic acids is 1. The first-order valence-electron chi connectivity index (χ1n) is 7.15. The summed E-state index contributed by atoms with van der Waals surface area (Å²) in [5.74, 6) is 1.98. The van der Waals surface area contributed by atoms with Crippen molar-refractivity contribution >= 4 is 5.91 Å². The molecule has 0 spiro atoms. The molecule has 0 heterocycles. The van der Waals surface area contributed by atoms with Gasteiger partial charge in [-0.3, -0.25) is 4.79 Å². The van der Waals surface area contributed by atoms with Crippen molar-refractivity contribution in [1.82, 2.24) is 5.32 Å². The molecule has 1 amide bonds. The van der Waals surface area contributed by atoms with E-state index in [0.29, 0.717) is 24.6 Å². The summed E-state index contributed by atoms with van der Waals surface area (Å²) in [5, 5.41) is 2.92. The molecule has 4 heteroatoms. The zero-order valence-corrected chi connectivity index (χ0v) is 12.8. The predicted octanol–water partition coefficient (Wildman–Crippen LogP) is 3.01. The molecule has 0 aliphatic rings. The lowest BCUT2D eigenvalue weighted by atomic mass is 10.1. The predicted molar refractivity (Wildman–Crippen MR) is 80.2 cm³/mol. The van der Waals surface area contributed by atoms with Crippen LogP contribution < -0.4 is 14.8 Å². The van der Waals surface area contributed by atoms with Crippen LogP contribution in [0.2, 0.25) is 0 Å². The lowest BCUT2D eigenvalue weighted by Gasteiger charge is -2.17. The Bertz CT molecular complexity index is 401. The Kier molecular flexibility index (Phi) is 6.91. The molecular formula is C16H25NO3. The highest BCUT2D eigenvalue weighted by molar-refractivity contribution is 5.81. The van der Waals surface area contributed by atoms with Gasteiger partial charge in [-0.05, 0) is 43.0 Å². The smallest absolute Gasteiger partial charge is 0.261 e. The third-order valence-electron chi connectivity index (χ3n) is 3.02. The molecule has 1 N–H and O–H groups in total. The fourth-order valence-corrected chi connectivity index (χ4v) is 1.74.